The monoisotopic (exact) mass is 288 g/mol. The first kappa shape index (κ1) is 14.8. The van der Waals surface area contributed by atoms with Gasteiger partial charge in [0, 0.05) is 0 Å². The Kier molecular flexibility index (Phi) is 4.23. The van der Waals surface area contributed by atoms with Crippen molar-refractivity contribution in [2.24, 2.45) is 29.6 Å². The second kappa shape index (κ2) is 5.43. The minimum Gasteiger partial charge on any atom is -0.481 e. The molecule has 2 aliphatic rings. The second-order valence-electron chi connectivity index (χ2n) is 6.55. The van der Waals surface area contributed by atoms with Crippen molar-refractivity contribution in [3.8, 4) is 0 Å². The number of hydrogen-bond donors (Lipinski definition) is 1. The van der Waals surface area contributed by atoms with Crippen LogP contribution in [-0.2, 0) is 14.6 Å². The zero-order chi connectivity index (χ0) is 14.2. The Morgan fingerprint density at radius 3 is 2.26 bits per heavy atom. The Labute approximate surface area is 115 Å². The molecule has 2 fully saturated rings. The molecule has 19 heavy (non-hydrogen) atoms. The van der Waals surface area contributed by atoms with E-state index in [0.717, 1.165) is 19.3 Å². The second-order valence-corrected chi connectivity index (χ2v) is 8.78. The van der Waals surface area contributed by atoms with Crippen molar-refractivity contribution in [2.75, 3.05) is 11.5 Å². The van der Waals surface area contributed by atoms with Crippen molar-refractivity contribution in [1.29, 1.82) is 0 Å². The van der Waals surface area contributed by atoms with E-state index >= 15 is 0 Å². The molecule has 1 aliphatic carbocycles. The van der Waals surface area contributed by atoms with Crippen LogP contribution in [0.5, 0.6) is 0 Å². The Morgan fingerprint density at radius 1 is 1.11 bits per heavy atom. The van der Waals surface area contributed by atoms with E-state index in [-0.39, 0.29) is 23.3 Å². The van der Waals surface area contributed by atoms with Gasteiger partial charge in [0.1, 0.15) is 0 Å². The van der Waals surface area contributed by atoms with E-state index in [0.29, 0.717) is 18.3 Å². The zero-order valence-electron chi connectivity index (χ0n) is 11.7. The van der Waals surface area contributed by atoms with Crippen molar-refractivity contribution >= 4 is 15.8 Å². The van der Waals surface area contributed by atoms with E-state index in [1.807, 2.05) is 0 Å². The lowest BCUT2D eigenvalue weighted by atomic mass is 9.68. The summed E-state index contributed by atoms with van der Waals surface area (Å²) in [5.41, 5.74) is 0. The SMILES string of the molecule is CC1CCC(C(C(=O)O)C2CCS(=O)(=O)C2)CC1C. The van der Waals surface area contributed by atoms with Gasteiger partial charge in [-0.3, -0.25) is 4.79 Å². The van der Waals surface area contributed by atoms with Crippen molar-refractivity contribution in [3.05, 3.63) is 0 Å². The topological polar surface area (TPSA) is 71.4 Å². The molecule has 0 aromatic heterocycles. The van der Waals surface area contributed by atoms with Gasteiger partial charge in [0.05, 0.1) is 17.4 Å². The fourth-order valence-corrected chi connectivity index (χ4v) is 5.67. The summed E-state index contributed by atoms with van der Waals surface area (Å²) in [5, 5.41) is 9.51. The van der Waals surface area contributed by atoms with Crippen LogP contribution in [0.25, 0.3) is 0 Å². The van der Waals surface area contributed by atoms with E-state index in [2.05, 4.69) is 13.8 Å². The maximum atomic E-state index is 11.6. The van der Waals surface area contributed by atoms with Gasteiger partial charge in [-0.2, -0.15) is 0 Å². The van der Waals surface area contributed by atoms with E-state index in [1.165, 1.54) is 0 Å². The molecule has 0 amide bonds. The first-order chi connectivity index (χ1) is 8.80. The van der Waals surface area contributed by atoms with Crippen molar-refractivity contribution in [2.45, 2.75) is 39.5 Å². The lowest BCUT2D eigenvalue weighted by Crippen LogP contribution is -2.36. The molecule has 1 heterocycles. The fourth-order valence-electron chi connectivity index (χ4n) is 3.81. The smallest absolute Gasteiger partial charge is 0.307 e. The maximum absolute atomic E-state index is 11.6. The van der Waals surface area contributed by atoms with Crippen molar-refractivity contribution < 1.29 is 18.3 Å². The molecule has 110 valence electrons. The summed E-state index contributed by atoms with van der Waals surface area (Å²) in [7, 11) is -3.00. The van der Waals surface area contributed by atoms with Gasteiger partial charge in [0.15, 0.2) is 9.84 Å². The minimum atomic E-state index is -3.00. The standard InChI is InChI=1S/C14H24O4S/c1-9-3-4-11(7-10(9)2)13(14(15)16)12-5-6-19(17,18)8-12/h9-13H,3-8H2,1-2H3,(H,15,16). The molecule has 0 bridgehead atoms. The van der Waals surface area contributed by atoms with Crippen LogP contribution in [0.3, 0.4) is 0 Å². The number of carboxylic acid groups (broad SMARTS) is 1. The Morgan fingerprint density at radius 2 is 1.79 bits per heavy atom. The van der Waals surface area contributed by atoms with Gasteiger partial charge in [0.2, 0.25) is 0 Å². The van der Waals surface area contributed by atoms with Gasteiger partial charge in [-0.05, 0) is 42.9 Å². The van der Waals surface area contributed by atoms with Crippen molar-refractivity contribution in [1.82, 2.24) is 0 Å². The van der Waals surface area contributed by atoms with Crippen LogP contribution in [-0.4, -0.2) is 31.0 Å². The van der Waals surface area contributed by atoms with E-state index in [1.54, 1.807) is 0 Å². The molecule has 4 nitrogen and oxygen atoms in total. The number of aliphatic carboxylic acids is 1. The number of rotatable bonds is 3. The van der Waals surface area contributed by atoms with Crippen LogP contribution in [0.2, 0.25) is 0 Å². The molecule has 1 aliphatic heterocycles. The molecule has 2 rings (SSSR count). The third-order valence-electron chi connectivity index (χ3n) is 5.21. The van der Waals surface area contributed by atoms with E-state index < -0.39 is 21.7 Å². The molecule has 5 unspecified atom stereocenters. The minimum absolute atomic E-state index is 0.0738. The summed E-state index contributed by atoms with van der Waals surface area (Å²) >= 11 is 0. The molecule has 0 spiro atoms. The number of carbonyl (C=O) groups is 1. The van der Waals surface area contributed by atoms with Gasteiger partial charge in [-0.1, -0.05) is 20.3 Å². The number of hydrogen-bond acceptors (Lipinski definition) is 3. The summed E-state index contributed by atoms with van der Waals surface area (Å²) in [6, 6.07) is 0. The number of carboxylic acids is 1. The van der Waals surface area contributed by atoms with Crippen LogP contribution in [0.15, 0.2) is 0 Å². The van der Waals surface area contributed by atoms with Crippen LogP contribution < -0.4 is 0 Å². The fraction of sp³-hybridized carbons (Fsp3) is 0.929. The summed E-state index contributed by atoms with van der Waals surface area (Å²) in [5.74, 6) is 0.151. The van der Waals surface area contributed by atoms with Crippen LogP contribution in [0.1, 0.15) is 39.5 Å². The summed E-state index contributed by atoms with van der Waals surface area (Å²) in [6.07, 6.45) is 3.45. The molecule has 1 saturated carbocycles. The van der Waals surface area contributed by atoms with Gasteiger partial charge < -0.3 is 5.11 Å². The highest BCUT2D eigenvalue weighted by Gasteiger charge is 2.43. The first-order valence-corrected chi connectivity index (χ1v) is 9.05. The molecule has 0 radical (unpaired) electrons. The molecule has 0 aromatic carbocycles. The van der Waals surface area contributed by atoms with Gasteiger partial charge in [-0.15, -0.1) is 0 Å². The first-order valence-electron chi connectivity index (χ1n) is 7.23. The molecular formula is C14H24O4S. The Bertz CT molecular complexity index is 442. The average molecular weight is 288 g/mol. The highest BCUT2D eigenvalue weighted by molar-refractivity contribution is 7.91. The van der Waals surface area contributed by atoms with E-state index in [9.17, 15) is 18.3 Å². The molecule has 1 N–H and O–H groups in total. The third-order valence-corrected chi connectivity index (χ3v) is 7.00. The Balaban J connectivity index is 2.11. The lowest BCUT2D eigenvalue weighted by molar-refractivity contribution is -0.146. The van der Waals surface area contributed by atoms with Crippen LogP contribution >= 0.6 is 0 Å². The third kappa shape index (κ3) is 3.30. The quantitative estimate of drug-likeness (QED) is 0.864. The lowest BCUT2D eigenvalue weighted by Gasteiger charge is -2.37. The summed E-state index contributed by atoms with van der Waals surface area (Å²) in [4.78, 5) is 11.6. The van der Waals surface area contributed by atoms with Crippen LogP contribution in [0.4, 0.5) is 0 Å². The maximum Gasteiger partial charge on any atom is 0.307 e. The predicted octanol–water partition coefficient (Wildman–Crippen LogP) is 2.19. The Hall–Kier alpha value is -0.580. The molecular weight excluding hydrogens is 264 g/mol. The zero-order valence-corrected chi connectivity index (χ0v) is 12.5. The van der Waals surface area contributed by atoms with Gasteiger partial charge >= 0.3 is 5.97 Å². The molecule has 5 atom stereocenters. The largest absolute Gasteiger partial charge is 0.481 e. The van der Waals surface area contributed by atoms with E-state index in [4.69, 9.17) is 0 Å². The average Bonchev–Trinajstić information content (AvgIpc) is 2.64. The summed E-state index contributed by atoms with van der Waals surface area (Å²) < 4.78 is 23.1. The van der Waals surface area contributed by atoms with Crippen LogP contribution in [0, 0.1) is 29.6 Å². The normalized spacial score (nSPS) is 39.9. The molecule has 0 aromatic rings. The van der Waals surface area contributed by atoms with Gasteiger partial charge in [0.25, 0.3) is 0 Å². The van der Waals surface area contributed by atoms with Gasteiger partial charge in [-0.25, -0.2) is 8.42 Å². The molecule has 5 heteroatoms. The highest BCUT2D eigenvalue weighted by Crippen LogP contribution is 2.42. The predicted molar refractivity (Wildman–Crippen MR) is 73.6 cm³/mol. The highest BCUT2D eigenvalue weighted by atomic mass is 32.2. The van der Waals surface area contributed by atoms with Crippen molar-refractivity contribution in [3.63, 3.8) is 0 Å². The molecule has 1 saturated heterocycles. The number of sulfone groups is 1. The summed E-state index contributed by atoms with van der Waals surface area (Å²) in [6.45, 7) is 4.40.